The van der Waals surface area contributed by atoms with Gasteiger partial charge in [-0.2, -0.15) is 0 Å². The van der Waals surface area contributed by atoms with Gasteiger partial charge in [0.1, 0.15) is 5.69 Å². The summed E-state index contributed by atoms with van der Waals surface area (Å²) in [5.41, 5.74) is -0.316. The molecule has 21 heavy (non-hydrogen) atoms. The molecule has 1 aromatic carbocycles. The van der Waals surface area contributed by atoms with Crippen LogP contribution in [0.3, 0.4) is 0 Å². The Morgan fingerprint density at radius 2 is 2.19 bits per heavy atom. The van der Waals surface area contributed by atoms with Crippen LogP contribution in [0.4, 0.5) is 11.4 Å². The van der Waals surface area contributed by atoms with Crippen molar-refractivity contribution in [1.29, 1.82) is 0 Å². The van der Waals surface area contributed by atoms with E-state index in [2.05, 4.69) is 5.32 Å². The molecule has 0 aromatic heterocycles. The van der Waals surface area contributed by atoms with Gasteiger partial charge in [0.15, 0.2) is 6.61 Å². The fourth-order valence-corrected chi connectivity index (χ4v) is 2.01. The number of nitrogens with one attached hydrogen (secondary N) is 1. The van der Waals surface area contributed by atoms with Crippen molar-refractivity contribution in [3.63, 3.8) is 0 Å². The highest BCUT2D eigenvalue weighted by Crippen LogP contribution is 2.38. The summed E-state index contributed by atoms with van der Waals surface area (Å²) < 4.78 is 4.85. The standard InChI is InChI=1S/C13H13ClN2O5/c1-7-4-9(7)13(18)21-6-12(17)15-10-3-2-8(14)5-11(10)16(19)20/h2-3,5,7,9H,4,6H2,1H3,(H,15,17)/t7-,9-/m0/s1. The number of carbonyl (C=O) groups is 2. The number of anilines is 1. The lowest BCUT2D eigenvalue weighted by Gasteiger charge is -2.07. The summed E-state index contributed by atoms with van der Waals surface area (Å²) in [7, 11) is 0. The van der Waals surface area contributed by atoms with Gasteiger partial charge >= 0.3 is 5.97 Å². The van der Waals surface area contributed by atoms with Gasteiger partial charge in [0, 0.05) is 11.1 Å². The van der Waals surface area contributed by atoms with Crippen LogP contribution in [0.2, 0.25) is 5.02 Å². The zero-order valence-electron chi connectivity index (χ0n) is 11.2. The van der Waals surface area contributed by atoms with E-state index in [0.717, 1.165) is 12.5 Å². The predicted molar refractivity (Wildman–Crippen MR) is 75.0 cm³/mol. The van der Waals surface area contributed by atoms with Crippen LogP contribution in [-0.4, -0.2) is 23.4 Å². The fraction of sp³-hybridized carbons (Fsp3) is 0.385. The monoisotopic (exact) mass is 312 g/mol. The Hall–Kier alpha value is -2.15. The largest absolute Gasteiger partial charge is 0.455 e. The Morgan fingerprint density at radius 3 is 2.76 bits per heavy atom. The second-order valence-electron chi connectivity index (χ2n) is 4.89. The number of carbonyl (C=O) groups excluding carboxylic acids is 2. The van der Waals surface area contributed by atoms with Crippen molar-refractivity contribution >= 4 is 34.9 Å². The summed E-state index contributed by atoms with van der Waals surface area (Å²) in [4.78, 5) is 33.3. The van der Waals surface area contributed by atoms with Crippen molar-refractivity contribution in [2.24, 2.45) is 11.8 Å². The van der Waals surface area contributed by atoms with Crippen LogP contribution in [0.25, 0.3) is 0 Å². The van der Waals surface area contributed by atoms with Gasteiger partial charge in [-0.1, -0.05) is 18.5 Å². The van der Waals surface area contributed by atoms with Gasteiger partial charge in [-0.05, 0) is 24.5 Å². The van der Waals surface area contributed by atoms with E-state index in [9.17, 15) is 19.7 Å². The molecule has 112 valence electrons. The van der Waals surface area contributed by atoms with E-state index in [-0.39, 0.29) is 28.2 Å². The average Bonchev–Trinajstić information content (AvgIpc) is 3.15. The first-order valence-corrected chi connectivity index (χ1v) is 6.66. The number of rotatable bonds is 5. The summed E-state index contributed by atoms with van der Waals surface area (Å²) in [5, 5.41) is 13.4. The van der Waals surface area contributed by atoms with Gasteiger partial charge in [-0.25, -0.2) is 0 Å². The predicted octanol–water partition coefficient (Wildman–Crippen LogP) is 2.39. The third-order valence-electron chi connectivity index (χ3n) is 3.19. The van der Waals surface area contributed by atoms with Crippen molar-refractivity contribution in [2.75, 3.05) is 11.9 Å². The second-order valence-corrected chi connectivity index (χ2v) is 5.33. The molecule has 1 aliphatic carbocycles. The van der Waals surface area contributed by atoms with Crippen molar-refractivity contribution < 1.29 is 19.2 Å². The van der Waals surface area contributed by atoms with E-state index in [1.807, 2.05) is 6.92 Å². The molecule has 0 saturated heterocycles. The number of nitro groups is 1. The molecule has 1 N–H and O–H groups in total. The lowest BCUT2D eigenvalue weighted by Crippen LogP contribution is -2.22. The van der Waals surface area contributed by atoms with Crippen LogP contribution >= 0.6 is 11.6 Å². The quantitative estimate of drug-likeness (QED) is 0.511. The Bertz CT molecular complexity index is 604. The molecule has 0 heterocycles. The van der Waals surface area contributed by atoms with E-state index >= 15 is 0 Å². The molecule has 1 aliphatic rings. The first-order valence-electron chi connectivity index (χ1n) is 6.29. The van der Waals surface area contributed by atoms with E-state index < -0.39 is 23.4 Å². The van der Waals surface area contributed by atoms with E-state index in [0.29, 0.717) is 0 Å². The van der Waals surface area contributed by atoms with Crippen molar-refractivity contribution in [3.8, 4) is 0 Å². The minimum atomic E-state index is -0.653. The zero-order chi connectivity index (χ0) is 15.6. The van der Waals surface area contributed by atoms with Crippen LogP contribution in [0, 0.1) is 22.0 Å². The smallest absolute Gasteiger partial charge is 0.309 e. The summed E-state index contributed by atoms with van der Waals surface area (Å²) >= 11 is 5.67. The summed E-state index contributed by atoms with van der Waals surface area (Å²) in [5.74, 6) is -0.897. The summed E-state index contributed by atoms with van der Waals surface area (Å²) in [6, 6.07) is 3.88. The third-order valence-corrected chi connectivity index (χ3v) is 3.42. The maximum Gasteiger partial charge on any atom is 0.309 e. The molecule has 0 unspecified atom stereocenters. The highest BCUT2D eigenvalue weighted by molar-refractivity contribution is 6.31. The van der Waals surface area contributed by atoms with Gasteiger partial charge in [0.25, 0.3) is 11.6 Å². The maximum atomic E-state index is 11.7. The SMILES string of the molecule is C[C@H]1C[C@@H]1C(=O)OCC(=O)Nc1ccc(Cl)cc1[N+](=O)[O-]. The number of esters is 1. The average molecular weight is 313 g/mol. The van der Waals surface area contributed by atoms with Crippen LogP contribution < -0.4 is 5.32 Å². The molecule has 2 atom stereocenters. The van der Waals surface area contributed by atoms with Crippen LogP contribution in [0.5, 0.6) is 0 Å². The van der Waals surface area contributed by atoms with Crippen molar-refractivity contribution in [2.45, 2.75) is 13.3 Å². The molecule has 1 amide bonds. The molecule has 2 rings (SSSR count). The van der Waals surface area contributed by atoms with Gasteiger partial charge in [0.05, 0.1) is 10.8 Å². The first kappa shape index (κ1) is 15.2. The topological polar surface area (TPSA) is 98.5 Å². The molecule has 1 fully saturated rings. The highest BCUT2D eigenvalue weighted by atomic mass is 35.5. The lowest BCUT2D eigenvalue weighted by atomic mass is 10.2. The fourth-order valence-electron chi connectivity index (χ4n) is 1.84. The number of hydrogen-bond donors (Lipinski definition) is 1. The minimum Gasteiger partial charge on any atom is -0.455 e. The number of amides is 1. The molecule has 0 radical (unpaired) electrons. The summed E-state index contributed by atoms with van der Waals surface area (Å²) in [6.07, 6.45) is 0.767. The Kier molecular flexibility index (Phi) is 4.42. The highest BCUT2D eigenvalue weighted by Gasteiger charge is 2.40. The third kappa shape index (κ3) is 3.91. The molecule has 7 nitrogen and oxygen atoms in total. The zero-order valence-corrected chi connectivity index (χ0v) is 11.9. The number of hydrogen-bond acceptors (Lipinski definition) is 5. The molecular formula is C13H13ClN2O5. The van der Waals surface area contributed by atoms with E-state index in [1.54, 1.807) is 0 Å². The Labute approximate surface area is 125 Å². The number of benzene rings is 1. The van der Waals surface area contributed by atoms with Gasteiger partial charge < -0.3 is 10.1 Å². The van der Waals surface area contributed by atoms with Gasteiger partial charge in [-0.15, -0.1) is 0 Å². The Balaban J connectivity index is 1.93. The number of nitro benzene ring substituents is 1. The summed E-state index contributed by atoms with van der Waals surface area (Å²) in [6.45, 7) is 1.45. The first-order chi connectivity index (χ1) is 9.88. The Morgan fingerprint density at radius 1 is 1.52 bits per heavy atom. The lowest BCUT2D eigenvalue weighted by molar-refractivity contribution is -0.383. The number of nitrogens with zero attached hydrogens (tertiary/aromatic N) is 1. The van der Waals surface area contributed by atoms with Crippen LogP contribution in [0.15, 0.2) is 18.2 Å². The number of halogens is 1. The normalized spacial score (nSPS) is 19.7. The molecule has 0 bridgehead atoms. The molecule has 1 aromatic rings. The van der Waals surface area contributed by atoms with Gasteiger partial charge in [-0.3, -0.25) is 19.7 Å². The van der Waals surface area contributed by atoms with E-state index in [1.165, 1.54) is 12.1 Å². The van der Waals surface area contributed by atoms with Crippen LogP contribution in [0.1, 0.15) is 13.3 Å². The molecule has 8 heteroatoms. The van der Waals surface area contributed by atoms with Crippen LogP contribution in [-0.2, 0) is 14.3 Å². The second kappa shape index (κ2) is 6.09. The molecule has 1 saturated carbocycles. The maximum absolute atomic E-state index is 11.7. The molecule has 0 aliphatic heterocycles. The number of ether oxygens (including phenoxy) is 1. The van der Waals surface area contributed by atoms with Crippen molar-refractivity contribution in [1.82, 2.24) is 0 Å². The minimum absolute atomic E-state index is 0.00485. The van der Waals surface area contributed by atoms with Gasteiger partial charge in [0.2, 0.25) is 0 Å². The molecule has 0 spiro atoms. The van der Waals surface area contributed by atoms with E-state index in [4.69, 9.17) is 16.3 Å². The van der Waals surface area contributed by atoms with Crippen molar-refractivity contribution in [3.05, 3.63) is 33.3 Å². The molecular weight excluding hydrogens is 300 g/mol.